The van der Waals surface area contributed by atoms with Crippen molar-refractivity contribution in [1.29, 1.82) is 0 Å². The van der Waals surface area contributed by atoms with Gasteiger partial charge in [-0.1, -0.05) is 35.0 Å². The quantitative estimate of drug-likeness (QED) is 0.263. The average molecular weight is 568 g/mol. The first-order valence-electron chi connectivity index (χ1n) is 10.5. The Labute approximate surface area is 209 Å². The van der Waals surface area contributed by atoms with E-state index in [-0.39, 0.29) is 24.0 Å². The minimum atomic E-state index is 0. The number of nitrogens with one attached hydrogen (secondary N) is 2. The molecule has 0 aliphatic carbocycles. The summed E-state index contributed by atoms with van der Waals surface area (Å²) in [6.45, 7) is 5.04. The van der Waals surface area contributed by atoms with Crippen LogP contribution in [0.2, 0.25) is 5.02 Å². The van der Waals surface area contributed by atoms with E-state index in [1.54, 1.807) is 0 Å². The molecule has 2 N–H and O–H groups in total. The van der Waals surface area contributed by atoms with Gasteiger partial charge < -0.3 is 20.1 Å². The Morgan fingerprint density at radius 1 is 1.22 bits per heavy atom. The van der Waals surface area contributed by atoms with E-state index >= 15 is 0 Å². The highest BCUT2D eigenvalue weighted by Gasteiger charge is 2.21. The van der Waals surface area contributed by atoms with Gasteiger partial charge in [0.15, 0.2) is 5.96 Å². The van der Waals surface area contributed by atoms with Gasteiger partial charge in [-0.2, -0.15) is 4.98 Å². The maximum atomic E-state index is 6.04. The fraction of sp³-hybridized carbons (Fsp3) is 0.364. The van der Waals surface area contributed by atoms with Crippen molar-refractivity contribution in [3.63, 3.8) is 0 Å². The molecule has 0 radical (unpaired) electrons. The van der Waals surface area contributed by atoms with E-state index in [2.05, 4.69) is 41.7 Å². The van der Waals surface area contributed by atoms with Crippen LogP contribution < -0.4 is 15.5 Å². The maximum Gasteiger partial charge on any atom is 0.248 e. The summed E-state index contributed by atoms with van der Waals surface area (Å²) in [6.07, 6.45) is 3.87. The minimum Gasteiger partial charge on any atom is -0.357 e. The van der Waals surface area contributed by atoms with Crippen molar-refractivity contribution in [2.75, 3.05) is 24.5 Å². The topological polar surface area (TPSA) is 91.5 Å². The fourth-order valence-electron chi connectivity index (χ4n) is 3.52. The van der Waals surface area contributed by atoms with E-state index in [1.165, 1.54) is 0 Å². The van der Waals surface area contributed by atoms with Gasteiger partial charge in [0.2, 0.25) is 11.7 Å². The molecule has 4 rings (SSSR count). The molecule has 10 heteroatoms. The zero-order chi connectivity index (χ0) is 21.5. The van der Waals surface area contributed by atoms with Crippen molar-refractivity contribution in [3.05, 3.63) is 59.6 Å². The molecule has 1 fully saturated rings. The van der Waals surface area contributed by atoms with E-state index in [0.717, 1.165) is 49.8 Å². The third kappa shape index (κ3) is 6.55. The normalized spacial score (nSPS) is 14.7. The van der Waals surface area contributed by atoms with Crippen LogP contribution in [0, 0.1) is 0 Å². The summed E-state index contributed by atoms with van der Waals surface area (Å²) >= 11 is 6.04. The Morgan fingerprint density at radius 2 is 2.06 bits per heavy atom. The lowest BCUT2D eigenvalue weighted by Crippen LogP contribution is -2.48. The van der Waals surface area contributed by atoms with Crippen LogP contribution in [0.1, 0.15) is 25.7 Å². The van der Waals surface area contributed by atoms with Gasteiger partial charge in [0.05, 0.1) is 0 Å². The second-order valence-electron chi connectivity index (χ2n) is 7.31. The van der Waals surface area contributed by atoms with Gasteiger partial charge in [-0.05, 0) is 44.0 Å². The van der Waals surface area contributed by atoms with Crippen LogP contribution in [-0.2, 0) is 6.54 Å². The third-order valence-corrected chi connectivity index (χ3v) is 5.31. The summed E-state index contributed by atoms with van der Waals surface area (Å²) < 4.78 is 5.36. The fourth-order valence-corrected chi connectivity index (χ4v) is 3.71. The number of halogens is 2. The number of hydrogen-bond acceptors (Lipinski definition) is 6. The Hall–Kier alpha value is -2.40. The van der Waals surface area contributed by atoms with Crippen LogP contribution in [0.4, 0.5) is 5.82 Å². The summed E-state index contributed by atoms with van der Waals surface area (Å²) in [5.41, 5.74) is 0.816. The maximum absolute atomic E-state index is 6.04. The molecule has 170 valence electrons. The molecule has 2 aromatic heterocycles. The Bertz CT molecular complexity index is 1010. The van der Waals surface area contributed by atoms with Crippen LogP contribution >= 0.6 is 35.6 Å². The van der Waals surface area contributed by atoms with Crippen LogP contribution in [-0.4, -0.2) is 46.8 Å². The van der Waals surface area contributed by atoms with E-state index in [0.29, 0.717) is 29.3 Å². The molecule has 0 saturated carbocycles. The molecule has 1 aliphatic rings. The summed E-state index contributed by atoms with van der Waals surface area (Å²) in [5, 5.41) is 11.5. The molecule has 0 bridgehead atoms. The Kier molecular flexibility index (Phi) is 9.10. The summed E-state index contributed by atoms with van der Waals surface area (Å²) in [6, 6.07) is 13.7. The third-order valence-electron chi connectivity index (χ3n) is 5.08. The lowest BCUT2D eigenvalue weighted by Gasteiger charge is -2.33. The molecule has 1 aromatic carbocycles. The molecule has 0 unspecified atom stereocenters. The summed E-state index contributed by atoms with van der Waals surface area (Å²) in [5.74, 6) is 2.75. The first kappa shape index (κ1) is 24.2. The SMILES string of the molecule is CCNC(=NCc1nc(-c2cccc(Cl)c2)no1)NC1CCN(c2ccccn2)CC1.I. The van der Waals surface area contributed by atoms with Gasteiger partial charge in [0, 0.05) is 42.5 Å². The summed E-state index contributed by atoms with van der Waals surface area (Å²) in [4.78, 5) is 15.8. The lowest BCUT2D eigenvalue weighted by molar-refractivity contribution is 0.380. The van der Waals surface area contributed by atoms with Crippen LogP contribution in [0.25, 0.3) is 11.4 Å². The molecule has 3 aromatic rings. The molecule has 3 heterocycles. The molecule has 8 nitrogen and oxygen atoms in total. The smallest absolute Gasteiger partial charge is 0.248 e. The van der Waals surface area contributed by atoms with Gasteiger partial charge >= 0.3 is 0 Å². The predicted molar refractivity (Wildman–Crippen MR) is 138 cm³/mol. The predicted octanol–water partition coefficient (Wildman–Crippen LogP) is 4.13. The number of hydrogen-bond donors (Lipinski definition) is 2. The molecule has 0 amide bonds. The van der Waals surface area contributed by atoms with Crippen LogP contribution in [0.15, 0.2) is 58.2 Å². The van der Waals surface area contributed by atoms with Crippen molar-refractivity contribution >= 4 is 47.4 Å². The van der Waals surface area contributed by atoms with E-state index < -0.39 is 0 Å². The molecule has 32 heavy (non-hydrogen) atoms. The van der Waals surface area contributed by atoms with Crippen molar-refractivity contribution in [2.24, 2.45) is 4.99 Å². The second kappa shape index (κ2) is 12.0. The first-order valence-corrected chi connectivity index (χ1v) is 10.9. The zero-order valence-corrected chi connectivity index (χ0v) is 21.0. The highest BCUT2D eigenvalue weighted by molar-refractivity contribution is 14.0. The molecular formula is C22H27ClIN7O. The van der Waals surface area contributed by atoms with E-state index in [4.69, 9.17) is 16.1 Å². The molecule has 1 saturated heterocycles. The van der Waals surface area contributed by atoms with Gasteiger partial charge in [0.1, 0.15) is 12.4 Å². The lowest BCUT2D eigenvalue weighted by atomic mass is 10.1. The second-order valence-corrected chi connectivity index (χ2v) is 7.75. The van der Waals surface area contributed by atoms with Gasteiger partial charge in [0.25, 0.3) is 0 Å². The molecule has 1 aliphatic heterocycles. The standard InChI is InChI=1S/C22H26ClN7O.HI/c1-2-24-22(27-18-9-12-30(13-10-18)19-8-3-4-11-25-19)26-15-20-28-21(29-31-20)16-6-5-7-17(23)14-16;/h3-8,11,14,18H,2,9-10,12-13,15H2,1H3,(H2,24,26,27);1H. The monoisotopic (exact) mass is 567 g/mol. The summed E-state index contributed by atoms with van der Waals surface area (Å²) in [7, 11) is 0. The van der Waals surface area contributed by atoms with Gasteiger partial charge in [-0.3, -0.25) is 0 Å². The van der Waals surface area contributed by atoms with E-state index in [1.807, 2.05) is 49.5 Å². The van der Waals surface area contributed by atoms with Crippen molar-refractivity contribution in [1.82, 2.24) is 25.8 Å². The number of rotatable bonds is 6. The van der Waals surface area contributed by atoms with Gasteiger partial charge in [-0.15, -0.1) is 24.0 Å². The first-order chi connectivity index (χ1) is 15.2. The van der Waals surface area contributed by atoms with Crippen molar-refractivity contribution in [3.8, 4) is 11.4 Å². The molecule has 0 spiro atoms. The largest absolute Gasteiger partial charge is 0.357 e. The molecular weight excluding hydrogens is 541 g/mol. The highest BCUT2D eigenvalue weighted by atomic mass is 127. The van der Waals surface area contributed by atoms with Crippen LogP contribution in [0.3, 0.4) is 0 Å². The van der Waals surface area contributed by atoms with Gasteiger partial charge in [-0.25, -0.2) is 9.98 Å². The number of aliphatic imine (C=N–C) groups is 1. The number of aromatic nitrogens is 3. The van der Waals surface area contributed by atoms with Crippen molar-refractivity contribution in [2.45, 2.75) is 32.4 Å². The Morgan fingerprint density at radius 3 is 2.78 bits per heavy atom. The number of anilines is 1. The number of piperidine rings is 1. The minimum absolute atomic E-state index is 0. The van der Waals surface area contributed by atoms with Crippen molar-refractivity contribution < 1.29 is 4.52 Å². The molecule has 0 atom stereocenters. The highest BCUT2D eigenvalue weighted by Crippen LogP contribution is 2.20. The van der Waals surface area contributed by atoms with E-state index in [9.17, 15) is 0 Å². The van der Waals surface area contributed by atoms with Crippen LogP contribution in [0.5, 0.6) is 0 Å². The number of benzene rings is 1. The number of nitrogens with zero attached hydrogens (tertiary/aromatic N) is 5. The number of guanidine groups is 1. The zero-order valence-electron chi connectivity index (χ0n) is 17.9. The number of pyridine rings is 1. The average Bonchev–Trinajstić information content (AvgIpc) is 3.28. The Balaban J connectivity index is 0.00000289.